The lowest BCUT2D eigenvalue weighted by Crippen LogP contribution is -2.37. The van der Waals surface area contributed by atoms with Crippen LogP contribution in [0.5, 0.6) is 0 Å². The fourth-order valence-electron chi connectivity index (χ4n) is 2.51. The lowest BCUT2D eigenvalue weighted by atomic mass is 10.2. The van der Waals surface area contributed by atoms with Crippen LogP contribution in [0.2, 0.25) is 0 Å². The van der Waals surface area contributed by atoms with Crippen LogP contribution in [0.4, 0.5) is 17.6 Å². The normalized spacial score (nSPS) is 17.2. The van der Waals surface area contributed by atoms with E-state index in [-0.39, 0.29) is 18.4 Å². The van der Waals surface area contributed by atoms with Crippen molar-refractivity contribution in [3.8, 4) is 5.69 Å². The number of rotatable bonds is 3. The minimum absolute atomic E-state index is 0. The van der Waals surface area contributed by atoms with E-state index in [2.05, 4.69) is 20.9 Å². The smallest absolute Gasteiger partial charge is 0.347 e. The summed E-state index contributed by atoms with van der Waals surface area (Å²) in [6.45, 7) is 1.13. The fraction of sp³-hybridized carbons (Fsp3) is 0.357. The number of nitrogens with zero attached hydrogens (tertiary/aromatic N) is 3. The van der Waals surface area contributed by atoms with Crippen LogP contribution in [-0.4, -0.2) is 40.0 Å². The van der Waals surface area contributed by atoms with Crippen molar-refractivity contribution < 1.29 is 22.4 Å². The van der Waals surface area contributed by atoms with Gasteiger partial charge in [-0.3, -0.25) is 4.79 Å². The number of hydrogen-bond donors (Lipinski definition) is 2. The third-order valence-electron chi connectivity index (χ3n) is 3.63. The maximum absolute atomic E-state index is 13.8. The van der Waals surface area contributed by atoms with Gasteiger partial charge in [0.2, 0.25) is 0 Å². The number of halogens is 5. The second-order valence-electron chi connectivity index (χ2n) is 5.31. The van der Waals surface area contributed by atoms with E-state index in [9.17, 15) is 22.4 Å². The molecule has 25 heavy (non-hydrogen) atoms. The molecule has 2 N–H and O–H groups in total. The number of amides is 1. The quantitative estimate of drug-likeness (QED) is 0.800. The zero-order chi connectivity index (χ0) is 17.3. The SMILES string of the molecule is Cl.O=C(NC1CCNC1)c1nnn(-c2ccccc2F)c1C(F)(F)F. The molecule has 1 saturated heterocycles. The molecule has 3 rings (SSSR count). The second-order valence-corrected chi connectivity index (χ2v) is 5.31. The molecular formula is C14H14ClF4N5O. The standard InChI is InChI=1S/C14H13F4N5O.ClH/c15-9-3-1-2-4-10(9)23-12(14(16,17)18)11(21-22-23)13(24)20-8-5-6-19-7-8;/h1-4,8,19H,5-7H2,(H,20,24);1H. The zero-order valence-electron chi connectivity index (χ0n) is 12.7. The number of carbonyl (C=O) groups excluding carboxylic acids is 1. The highest BCUT2D eigenvalue weighted by molar-refractivity contribution is 5.93. The van der Waals surface area contributed by atoms with Gasteiger partial charge in [-0.2, -0.15) is 13.2 Å². The Balaban J connectivity index is 0.00000225. The molecule has 1 amide bonds. The molecule has 1 aliphatic heterocycles. The number of benzene rings is 1. The molecule has 0 spiro atoms. The molecule has 0 bridgehead atoms. The number of para-hydroxylation sites is 1. The van der Waals surface area contributed by atoms with Gasteiger partial charge in [0.15, 0.2) is 11.4 Å². The average molecular weight is 380 g/mol. The van der Waals surface area contributed by atoms with Crippen LogP contribution in [0.3, 0.4) is 0 Å². The first-order valence-corrected chi connectivity index (χ1v) is 7.17. The van der Waals surface area contributed by atoms with E-state index in [0.717, 1.165) is 12.1 Å². The number of aromatic nitrogens is 3. The topological polar surface area (TPSA) is 71.8 Å². The highest BCUT2D eigenvalue weighted by Crippen LogP contribution is 2.33. The van der Waals surface area contributed by atoms with Crippen molar-refractivity contribution in [2.45, 2.75) is 18.6 Å². The Morgan fingerprint density at radius 1 is 1.32 bits per heavy atom. The molecule has 0 aliphatic carbocycles. The van der Waals surface area contributed by atoms with Crippen molar-refractivity contribution in [3.63, 3.8) is 0 Å². The van der Waals surface area contributed by atoms with Gasteiger partial charge < -0.3 is 10.6 Å². The Kier molecular flexibility index (Phi) is 5.63. The third kappa shape index (κ3) is 3.90. The van der Waals surface area contributed by atoms with Crippen molar-refractivity contribution in [2.24, 2.45) is 0 Å². The number of carbonyl (C=O) groups is 1. The molecule has 0 saturated carbocycles. The predicted octanol–water partition coefficient (Wildman–Crippen LogP) is 1.94. The first kappa shape index (κ1) is 19.1. The van der Waals surface area contributed by atoms with Crippen LogP contribution in [0, 0.1) is 5.82 Å². The van der Waals surface area contributed by atoms with Gasteiger partial charge in [0.1, 0.15) is 11.5 Å². The molecule has 1 aromatic heterocycles. The van der Waals surface area contributed by atoms with Gasteiger partial charge in [0.05, 0.1) is 0 Å². The maximum atomic E-state index is 13.8. The van der Waals surface area contributed by atoms with Crippen molar-refractivity contribution in [3.05, 3.63) is 41.5 Å². The van der Waals surface area contributed by atoms with Gasteiger partial charge in [0, 0.05) is 12.6 Å². The summed E-state index contributed by atoms with van der Waals surface area (Å²) in [5.41, 5.74) is -2.72. The van der Waals surface area contributed by atoms with Gasteiger partial charge in [-0.1, -0.05) is 17.3 Å². The molecule has 1 atom stereocenters. The number of nitrogens with one attached hydrogen (secondary N) is 2. The summed E-state index contributed by atoms with van der Waals surface area (Å²) in [6, 6.07) is 4.55. The van der Waals surface area contributed by atoms with Gasteiger partial charge >= 0.3 is 6.18 Å². The van der Waals surface area contributed by atoms with Crippen LogP contribution in [0.25, 0.3) is 5.69 Å². The van der Waals surface area contributed by atoms with Crippen LogP contribution in [0.15, 0.2) is 24.3 Å². The minimum Gasteiger partial charge on any atom is -0.347 e. The fourth-order valence-corrected chi connectivity index (χ4v) is 2.51. The summed E-state index contributed by atoms with van der Waals surface area (Å²) in [6.07, 6.45) is -4.32. The minimum atomic E-state index is -4.92. The monoisotopic (exact) mass is 379 g/mol. The maximum Gasteiger partial charge on any atom is 0.435 e. The third-order valence-corrected chi connectivity index (χ3v) is 3.63. The lowest BCUT2D eigenvalue weighted by Gasteiger charge is -2.13. The Labute approximate surface area is 146 Å². The zero-order valence-corrected chi connectivity index (χ0v) is 13.5. The van der Waals surface area contributed by atoms with E-state index < -0.39 is 35.0 Å². The molecule has 0 radical (unpaired) electrons. The van der Waals surface area contributed by atoms with Crippen LogP contribution in [-0.2, 0) is 6.18 Å². The first-order chi connectivity index (χ1) is 11.4. The molecule has 1 unspecified atom stereocenters. The van der Waals surface area contributed by atoms with Crippen molar-refractivity contribution >= 4 is 18.3 Å². The van der Waals surface area contributed by atoms with Gasteiger partial charge in [-0.25, -0.2) is 9.07 Å². The molecular weight excluding hydrogens is 366 g/mol. The summed E-state index contributed by atoms with van der Waals surface area (Å²) in [5.74, 6) is -1.89. The molecule has 2 heterocycles. The molecule has 136 valence electrons. The molecule has 11 heteroatoms. The van der Waals surface area contributed by atoms with E-state index in [1.54, 1.807) is 0 Å². The average Bonchev–Trinajstić information content (AvgIpc) is 3.15. The summed E-state index contributed by atoms with van der Waals surface area (Å²) >= 11 is 0. The van der Waals surface area contributed by atoms with Crippen molar-refractivity contribution in [1.82, 2.24) is 25.6 Å². The van der Waals surface area contributed by atoms with Crippen molar-refractivity contribution in [2.75, 3.05) is 13.1 Å². The highest BCUT2D eigenvalue weighted by atomic mass is 35.5. The van der Waals surface area contributed by atoms with Gasteiger partial charge in [0.25, 0.3) is 5.91 Å². The molecule has 1 aromatic carbocycles. The molecule has 1 fully saturated rings. The van der Waals surface area contributed by atoms with Crippen LogP contribution < -0.4 is 10.6 Å². The summed E-state index contributed by atoms with van der Waals surface area (Å²) in [7, 11) is 0. The Morgan fingerprint density at radius 3 is 2.64 bits per heavy atom. The second kappa shape index (κ2) is 7.36. The first-order valence-electron chi connectivity index (χ1n) is 7.17. The molecule has 6 nitrogen and oxygen atoms in total. The number of alkyl halides is 3. The molecule has 2 aromatic rings. The van der Waals surface area contributed by atoms with Crippen LogP contribution >= 0.6 is 12.4 Å². The van der Waals surface area contributed by atoms with E-state index in [1.165, 1.54) is 12.1 Å². The van der Waals surface area contributed by atoms with E-state index >= 15 is 0 Å². The Hall–Kier alpha value is -2.20. The lowest BCUT2D eigenvalue weighted by molar-refractivity contribution is -0.143. The Morgan fingerprint density at radius 2 is 2.04 bits per heavy atom. The van der Waals surface area contributed by atoms with E-state index in [1.807, 2.05) is 0 Å². The van der Waals surface area contributed by atoms with Gasteiger partial charge in [-0.15, -0.1) is 17.5 Å². The Bertz CT molecular complexity index is 758. The highest BCUT2D eigenvalue weighted by Gasteiger charge is 2.42. The van der Waals surface area contributed by atoms with E-state index in [4.69, 9.17) is 0 Å². The van der Waals surface area contributed by atoms with Crippen LogP contribution in [0.1, 0.15) is 22.6 Å². The summed E-state index contributed by atoms with van der Waals surface area (Å²) in [5, 5.41) is 12.1. The van der Waals surface area contributed by atoms with Gasteiger partial charge in [-0.05, 0) is 25.1 Å². The summed E-state index contributed by atoms with van der Waals surface area (Å²) in [4.78, 5) is 12.1. The molecule has 1 aliphatic rings. The number of hydrogen-bond acceptors (Lipinski definition) is 4. The largest absolute Gasteiger partial charge is 0.435 e. The van der Waals surface area contributed by atoms with Crippen molar-refractivity contribution in [1.29, 1.82) is 0 Å². The summed E-state index contributed by atoms with van der Waals surface area (Å²) < 4.78 is 54.4. The van der Waals surface area contributed by atoms with E-state index in [0.29, 0.717) is 24.2 Å². The predicted molar refractivity (Wildman–Crippen MR) is 82.3 cm³/mol.